The van der Waals surface area contributed by atoms with Crippen molar-refractivity contribution in [2.75, 3.05) is 0 Å². The average molecular weight is 296 g/mol. The number of hydrogen-bond acceptors (Lipinski definition) is 2. The fraction of sp³-hybridized carbons (Fsp3) is 0.882. The summed E-state index contributed by atoms with van der Waals surface area (Å²) in [6.45, 7) is 2.06. The van der Waals surface area contributed by atoms with Gasteiger partial charge >= 0.3 is 11.9 Å². The van der Waals surface area contributed by atoms with Crippen LogP contribution in [0.25, 0.3) is 0 Å². The number of aliphatic carboxylic acids is 2. The Kier molecular flexibility index (Phi) is 4.95. The highest BCUT2D eigenvalue weighted by Gasteiger charge is 2.62. The van der Waals surface area contributed by atoms with Crippen LogP contribution in [0.5, 0.6) is 0 Å². The molecular formula is C17H28O4. The predicted octanol–water partition coefficient (Wildman–Crippen LogP) is 4.08. The molecule has 120 valence electrons. The minimum atomic E-state index is -1.51. The van der Waals surface area contributed by atoms with Crippen molar-refractivity contribution in [2.45, 2.75) is 77.6 Å². The Morgan fingerprint density at radius 1 is 1.05 bits per heavy atom. The number of hydrogen-bond donors (Lipinski definition) is 2. The van der Waals surface area contributed by atoms with Gasteiger partial charge in [-0.15, -0.1) is 0 Å². The molecular weight excluding hydrogens is 268 g/mol. The van der Waals surface area contributed by atoms with Crippen LogP contribution < -0.4 is 0 Å². The van der Waals surface area contributed by atoms with E-state index < -0.39 is 17.4 Å². The molecule has 0 aromatic carbocycles. The van der Waals surface area contributed by atoms with Gasteiger partial charge in [-0.25, -0.2) is 0 Å². The zero-order valence-corrected chi connectivity index (χ0v) is 13.1. The normalized spacial score (nSPS) is 24.2. The molecule has 0 saturated heterocycles. The number of carboxylic acid groups (broad SMARTS) is 2. The van der Waals surface area contributed by atoms with Crippen LogP contribution in [0.3, 0.4) is 0 Å². The smallest absolute Gasteiger partial charge is 0.321 e. The first-order valence-corrected chi connectivity index (χ1v) is 8.41. The molecule has 0 atom stereocenters. The molecule has 0 aromatic heterocycles. The molecule has 0 unspecified atom stereocenters. The lowest BCUT2D eigenvalue weighted by Gasteiger charge is -2.51. The molecule has 2 saturated carbocycles. The maximum atomic E-state index is 11.3. The summed E-state index contributed by atoms with van der Waals surface area (Å²) in [5, 5.41) is 18.5. The van der Waals surface area contributed by atoms with Gasteiger partial charge in [-0.3, -0.25) is 9.59 Å². The van der Waals surface area contributed by atoms with Gasteiger partial charge in [0.1, 0.15) is 0 Å². The van der Waals surface area contributed by atoms with Gasteiger partial charge in [-0.05, 0) is 30.6 Å². The van der Waals surface area contributed by atoms with E-state index in [1.165, 1.54) is 38.5 Å². The molecule has 0 radical (unpaired) electrons. The van der Waals surface area contributed by atoms with Crippen LogP contribution in [0.4, 0.5) is 0 Å². The topological polar surface area (TPSA) is 74.6 Å². The SMILES string of the molecule is CCC1(CCCC2CCCCC2)CC(C(=O)O)(C(=O)O)C1. The molecule has 0 aromatic rings. The maximum absolute atomic E-state index is 11.3. The highest BCUT2D eigenvalue weighted by molar-refractivity contribution is 5.99. The summed E-state index contributed by atoms with van der Waals surface area (Å²) >= 11 is 0. The highest BCUT2D eigenvalue weighted by atomic mass is 16.4. The molecule has 2 rings (SSSR count). The molecule has 2 aliphatic rings. The first-order chi connectivity index (χ1) is 9.94. The summed E-state index contributed by atoms with van der Waals surface area (Å²) < 4.78 is 0. The fourth-order valence-electron chi connectivity index (χ4n) is 4.47. The van der Waals surface area contributed by atoms with E-state index in [0.29, 0.717) is 12.8 Å². The summed E-state index contributed by atoms with van der Waals surface area (Å²) in [5.74, 6) is -1.48. The van der Waals surface area contributed by atoms with Crippen molar-refractivity contribution in [3.05, 3.63) is 0 Å². The Hall–Kier alpha value is -1.06. The van der Waals surface area contributed by atoms with Crippen molar-refractivity contribution in [1.29, 1.82) is 0 Å². The van der Waals surface area contributed by atoms with Crippen LogP contribution in [0.15, 0.2) is 0 Å². The molecule has 21 heavy (non-hydrogen) atoms. The van der Waals surface area contributed by atoms with Crippen molar-refractivity contribution < 1.29 is 19.8 Å². The second-order valence-electron chi connectivity index (χ2n) is 7.30. The number of carbonyl (C=O) groups is 2. The Morgan fingerprint density at radius 2 is 1.62 bits per heavy atom. The minimum absolute atomic E-state index is 0.0502. The van der Waals surface area contributed by atoms with Gasteiger partial charge in [0.05, 0.1) is 0 Å². The summed E-state index contributed by atoms with van der Waals surface area (Å²) in [5.41, 5.74) is -1.56. The standard InChI is InChI=1S/C17H28O4/c1-2-16(10-6-9-13-7-4-3-5-8-13)11-17(12-16,14(18)19)15(20)21/h13H,2-12H2,1H3,(H,18,19)(H,20,21). The lowest BCUT2D eigenvalue weighted by Crippen LogP contribution is -2.55. The summed E-state index contributed by atoms with van der Waals surface area (Å²) in [6, 6.07) is 0. The second-order valence-corrected chi connectivity index (χ2v) is 7.30. The predicted molar refractivity (Wildman–Crippen MR) is 80.1 cm³/mol. The van der Waals surface area contributed by atoms with Gasteiger partial charge in [-0.2, -0.15) is 0 Å². The Bertz CT molecular complexity index is 374. The van der Waals surface area contributed by atoms with Crippen molar-refractivity contribution in [3.63, 3.8) is 0 Å². The fourth-order valence-corrected chi connectivity index (χ4v) is 4.47. The van der Waals surface area contributed by atoms with E-state index in [4.69, 9.17) is 0 Å². The Morgan fingerprint density at radius 3 is 2.10 bits per heavy atom. The monoisotopic (exact) mass is 296 g/mol. The van der Waals surface area contributed by atoms with Gasteiger partial charge in [-0.1, -0.05) is 58.3 Å². The maximum Gasteiger partial charge on any atom is 0.321 e. The van der Waals surface area contributed by atoms with Crippen LogP contribution in [-0.4, -0.2) is 22.2 Å². The van der Waals surface area contributed by atoms with Crippen LogP contribution in [0.1, 0.15) is 77.6 Å². The average Bonchev–Trinajstić information content (AvgIpc) is 2.42. The van der Waals surface area contributed by atoms with Crippen molar-refractivity contribution in [1.82, 2.24) is 0 Å². The zero-order valence-electron chi connectivity index (χ0n) is 13.1. The van der Waals surface area contributed by atoms with Crippen molar-refractivity contribution >= 4 is 11.9 Å². The molecule has 2 N–H and O–H groups in total. The van der Waals surface area contributed by atoms with Gasteiger partial charge in [0.25, 0.3) is 0 Å². The van der Waals surface area contributed by atoms with Gasteiger partial charge in [0.2, 0.25) is 0 Å². The first-order valence-electron chi connectivity index (χ1n) is 8.41. The number of carboxylic acids is 2. The Labute approximate surface area is 126 Å². The lowest BCUT2D eigenvalue weighted by atomic mass is 9.50. The molecule has 0 bridgehead atoms. The Balaban J connectivity index is 1.84. The molecule has 0 heterocycles. The van der Waals surface area contributed by atoms with Gasteiger partial charge in [0.15, 0.2) is 5.41 Å². The highest BCUT2D eigenvalue weighted by Crippen LogP contribution is 2.59. The van der Waals surface area contributed by atoms with E-state index in [1.54, 1.807) is 0 Å². The lowest BCUT2D eigenvalue weighted by molar-refractivity contribution is -0.185. The quantitative estimate of drug-likeness (QED) is 0.694. The van der Waals surface area contributed by atoms with Crippen LogP contribution in [0, 0.1) is 16.7 Å². The van der Waals surface area contributed by atoms with Gasteiger partial charge < -0.3 is 10.2 Å². The third kappa shape index (κ3) is 3.24. The van der Waals surface area contributed by atoms with Gasteiger partial charge in [0, 0.05) is 0 Å². The first kappa shape index (κ1) is 16.3. The van der Waals surface area contributed by atoms with Crippen molar-refractivity contribution in [3.8, 4) is 0 Å². The van der Waals surface area contributed by atoms with E-state index in [0.717, 1.165) is 25.2 Å². The largest absolute Gasteiger partial charge is 0.480 e. The van der Waals surface area contributed by atoms with E-state index in [-0.39, 0.29) is 5.41 Å². The van der Waals surface area contributed by atoms with Crippen LogP contribution >= 0.6 is 0 Å². The third-order valence-corrected chi connectivity index (χ3v) is 5.97. The molecule has 2 aliphatic carbocycles. The van der Waals surface area contributed by atoms with E-state index in [1.807, 2.05) is 0 Å². The second kappa shape index (κ2) is 6.37. The minimum Gasteiger partial charge on any atom is -0.480 e. The zero-order chi connectivity index (χ0) is 15.5. The van der Waals surface area contributed by atoms with E-state index >= 15 is 0 Å². The molecule has 0 amide bonds. The van der Waals surface area contributed by atoms with Crippen molar-refractivity contribution in [2.24, 2.45) is 16.7 Å². The van der Waals surface area contributed by atoms with E-state index in [2.05, 4.69) is 6.92 Å². The molecule has 4 nitrogen and oxygen atoms in total. The molecule has 2 fully saturated rings. The third-order valence-electron chi connectivity index (χ3n) is 5.97. The molecule has 4 heteroatoms. The molecule has 0 spiro atoms. The molecule has 0 aliphatic heterocycles. The summed E-state index contributed by atoms with van der Waals surface area (Å²) in [4.78, 5) is 22.6. The number of rotatable bonds is 7. The van der Waals surface area contributed by atoms with Crippen LogP contribution in [-0.2, 0) is 9.59 Å². The summed E-state index contributed by atoms with van der Waals surface area (Å²) in [7, 11) is 0. The van der Waals surface area contributed by atoms with Crippen LogP contribution in [0.2, 0.25) is 0 Å². The van der Waals surface area contributed by atoms with E-state index in [9.17, 15) is 19.8 Å². The summed E-state index contributed by atoms with van der Waals surface area (Å²) in [6.07, 6.45) is 11.6.